The van der Waals surface area contributed by atoms with Crippen LogP contribution in [0.5, 0.6) is 0 Å². The molecule has 0 saturated heterocycles. The number of hydrogen-bond donors (Lipinski definition) is 1. The Balaban J connectivity index is 1.17. The molecule has 3 heterocycles. The zero-order chi connectivity index (χ0) is 20.3. The van der Waals surface area contributed by atoms with Crippen molar-refractivity contribution in [3.05, 3.63) is 34.9 Å². The molecule has 1 aliphatic heterocycles. The molecule has 5 aliphatic rings. The van der Waals surface area contributed by atoms with E-state index in [2.05, 4.69) is 25.2 Å². The number of hydrogen-bond acceptors (Lipinski definition) is 6. The molecule has 7 rings (SSSR count). The van der Waals surface area contributed by atoms with E-state index in [-0.39, 0.29) is 17.0 Å². The Kier molecular flexibility index (Phi) is 4.20. The molecule has 0 unspecified atom stereocenters. The molecule has 7 nitrogen and oxygen atoms in total. The van der Waals surface area contributed by atoms with Crippen LogP contribution in [0.3, 0.4) is 0 Å². The minimum Gasteiger partial charge on any atom is -0.337 e. The standard InChI is InChI=1S/C22H25N5O2S/c28-19(17-11-23-2-3-24-17)26-21-25-16-1-4-27(12-18(16)30-21)20(29)22-8-13-5-14(9-22)7-15(6-13)10-22/h2-3,11,13-15H,1,4-10,12H2,(H,25,26,28). The topological polar surface area (TPSA) is 88.1 Å². The summed E-state index contributed by atoms with van der Waals surface area (Å²) in [5.41, 5.74) is 1.17. The normalized spacial score (nSPS) is 31.5. The van der Waals surface area contributed by atoms with Gasteiger partial charge in [0.2, 0.25) is 5.91 Å². The van der Waals surface area contributed by atoms with Crippen molar-refractivity contribution in [3.63, 3.8) is 0 Å². The quantitative estimate of drug-likeness (QED) is 0.818. The summed E-state index contributed by atoms with van der Waals surface area (Å²) in [4.78, 5) is 41.7. The first kappa shape index (κ1) is 18.4. The highest BCUT2D eigenvalue weighted by Gasteiger charge is 2.55. The van der Waals surface area contributed by atoms with E-state index in [1.165, 1.54) is 49.2 Å². The molecule has 0 spiro atoms. The summed E-state index contributed by atoms with van der Waals surface area (Å²) in [5, 5.41) is 3.40. The fourth-order valence-electron chi connectivity index (χ4n) is 6.71. The second-order valence-corrected chi connectivity index (χ2v) is 10.7. The SMILES string of the molecule is O=C(Nc1nc2c(s1)CN(C(=O)C13CC4CC(CC(C4)C1)C3)CC2)c1cnccn1. The van der Waals surface area contributed by atoms with Crippen LogP contribution < -0.4 is 5.32 Å². The van der Waals surface area contributed by atoms with Crippen molar-refractivity contribution < 1.29 is 9.59 Å². The molecule has 0 aromatic carbocycles. The Morgan fingerprint density at radius 3 is 2.50 bits per heavy atom. The lowest BCUT2D eigenvalue weighted by Gasteiger charge is -2.56. The van der Waals surface area contributed by atoms with Crippen LogP contribution in [0.15, 0.2) is 18.6 Å². The van der Waals surface area contributed by atoms with Crippen molar-refractivity contribution in [2.45, 2.75) is 51.5 Å². The molecule has 0 atom stereocenters. The molecule has 1 N–H and O–H groups in total. The number of nitrogens with zero attached hydrogens (tertiary/aromatic N) is 4. The van der Waals surface area contributed by atoms with Crippen LogP contribution in [0, 0.1) is 23.2 Å². The maximum atomic E-state index is 13.7. The number of fused-ring (bicyclic) bond motifs is 1. The summed E-state index contributed by atoms with van der Waals surface area (Å²) in [5.74, 6) is 2.38. The van der Waals surface area contributed by atoms with Crippen LogP contribution in [0.4, 0.5) is 5.13 Å². The average Bonchev–Trinajstić information content (AvgIpc) is 3.14. The number of carbonyl (C=O) groups excluding carboxylic acids is 2. The molecule has 4 saturated carbocycles. The summed E-state index contributed by atoms with van der Waals surface area (Å²) in [6.45, 7) is 1.35. The lowest BCUT2D eigenvalue weighted by Crippen LogP contribution is -2.55. The number of amides is 2. The highest BCUT2D eigenvalue weighted by atomic mass is 32.1. The summed E-state index contributed by atoms with van der Waals surface area (Å²) in [6.07, 6.45) is 12.6. The first-order chi connectivity index (χ1) is 14.6. The van der Waals surface area contributed by atoms with Gasteiger partial charge in [0.05, 0.1) is 23.9 Å². The van der Waals surface area contributed by atoms with Crippen LogP contribution in [0.1, 0.15) is 59.6 Å². The van der Waals surface area contributed by atoms with Crippen molar-refractivity contribution >= 4 is 28.3 Å². The lowest BCUT2D eigenvalue weighted by atomic mass is 9.49. The van der Waals surface area contributed by atoms with Gasteiger partial charge in [0, 0.05) is 30.2 Å². The summed E-state index contributed by atoms with van der Waals surface area (Å²) >= 11 is 1.47. The van der Waals surface area contributed by atoms with Crippen molar-refractivity contribution in [3.8, 4) is 0 Å². The first-order valence-corrected chi connectivity index (χ1v) is 11.7. The maximum Gasteiger partial charge on any atom is 0.277 e. The molecule has 4 aliphatic carbocycles. The summed E-state index contributed by atoms with van der Waals surface area (Å²) in [6, 6.07) is 0. The maximum absolute atomic E-state index is 13.7. The molecule has 4 fully saturated rings. The molecular formula is C22H25N5O2S. The predicted octanol–water partition coefficient (Wildman–Crippen LogP) is 3.29. The summed E-state index contributed by atoms with van der Waals surface area (Å²) < 4.78 is 0. The molecule has 8 heteroatoms. The minimum atomic E-state index is -0.310. The van der Waals surface area contributed by atoms with Crippen molar-refractivity contribution in [2.24, 2.45) is 23.2 Å². The van der Waals surface area contributed by atoms with Crippen LogP contribution >= 0.6 is 11.3 Å². The monoisotopic (exact) mass is 423 g/mol. The van der Waals surface area contributed by atoms with Gasteiger partial charge in [-0.3, -0.25) is 19.9 Å². The first-order valence-electron chi connectivity index (χ1n) is 10.9. The Morgan fingerprint density at radius 2 is 1.83 bits per heavy atom. The number of carbonyl (C=O) groups is 2. The van der Waals surface area contributed by atoms with Gasteiger partial charge in [0.25, 0.3) is 5.91 Å². The molecule has 2 aromatic rings. The highest BCUT2D eigenvalue weighted by molar-refractivity contribution is 7.15. The van der Waals surface area contributed by atoms with E-state index < -0.39 is 0 Å². The third-order valence-corrected chi connectivity index (χ3v) is 8.52. The van der Waals surface area contributed by atoms with Crippen LogP contribution in [0.25, 0.3) is 0 Å². The van der Waals surface area contributed by atoms with Crippen LogP contribution in [-0.2, 0) is 17.8 Å². The van der Waals surface area contributed by atoms with E-state index in [1.54, 1.807) is 0 Å². The molecule has 156 valence electrons. The summed E-state index contributed by atoms with van der Waals surface area (Å²) in [7, 11) is 0. The van der Waals surface area contributed by atoms with Gasteiger partial charge in [0.15, 0.2) is 5.13 Å². The molecule has 2 amide bonds. The Bertz CT molecular complexity index is 969. The second-order valence-electron chi connectivity index (χ2n) is 9.61. The molecule has 4 bridgehead atoms. The van der Waals surface area contributed by atoms with Gasteiger partial charge in [-0.2, -0.15) is 0 Å². The number of anilines is 1. The second kappa shape index (κ2) is 6.83. The van der Waals surface area contributed by atoms with E-state index >= 15 is 0 Å². The third-order valence-electron chi connectivity index (χ3n) is 7.53. The number of aromatic nitrogens is 3. The highest BCUT2D eigenvalue weighted by Crippen LogP contribution is 2.60. The zero-order valence-corrected chi connectivity index (χ0v) is 17.7. The fraction of sp³-hybridized carbons (Fsp3) is 0.591. The van der Waals surface area contributed by atoms with Crippen molar-refractivity contribution in [1.29, 1.82) is 0 Å². The molecule has 0 radical (unpaired) electrons. The van der Waals surface area contributed by atoms with Crippen molar-refractivity contribution in [2.75, 3.05) is 11.9 Å². The van der Waals surface area contributed by atoms with E-state index in [9.17, 15) is 9.59 Å². The number of thiazole rings is 1. The van der Waals surface area contributed by atoms with Gasteiger partial charge in [-0.15, -0.1) is 0 Å². The van der Waals surface area contributed by atoms with Gasteiger partial charge in [-0.25, -0.2) is 9.97 Å². The van der Waals surface area contributed by atoms with Gasteiger partial charge < -0.3 is 4.90 Å². The smallest absolute Gasteiger partial charge is 0.277 e. The molecule has 30 heavy (non-hydrogen) atoms. The Labute approximate surface area is 179 Å². The largest absolute Gasteiger partial charge is 0.337 e. The predicted molar refractivity (Wildman–Crippen MR) is 112 cm³/mol. The number of nitrogens with one attached hydrogen (secondary N) is 1. The van der Waals surface area contributed by atoms with Crippen molar-refractivity contribution in [1.82, 2.24) is 19.9 Å². The van der Waals surface area contributed by atoms with Crippen LogP contribution in [0.2, 0.25) is 0 Å². The van der Waals surface area contributed by atoms with Gasteiger partial charge >= 0.3 is 0 Å². The van der Waals surface area contributed by atoms with Gasteiger partial charge in [-0.05, 0) is 56.3 Å². The van der Waals surface area contributed by atoms with Gasteiger partial charge in [-0.1, -0.05) is 11.3 Å². The number of rotatable bonds is 3. The average molecular weight is 424 g/mol. The lowest BCUT2D eigenvalue weighted by molar-refractivity contribution is -0.158. The molecule has 2 aromatic heterocycles. The Morgan fingerprint density at radius 1 is 1.10 bits per heavy atom. The van der Waals surface area contributed by atoms with E-state index in [0.29, 0.717) is 17.6 Å². The minimum absolute atomic E-state index is 0.0973. The molecular weight excluding hydrogens is 398 g/mol. The van der Waals surface area contributed by atoms with E-state index in [1.807, 2.05) is 0 Å². The zero-order valence-electron chi connectivity index (χ0n) is 16.8. The van der Waals surface area contributed by atoms with Gasteiger partial charge in [0.1, 0.15) is 5.69 Å². The third kappa shape index (κ3) is 3.04. The fourth-order valence-corrected chi connectivity index (χ4v) is 7.73. The Hall–Kier alpha value is -2.35. The van der Waals surface area contributed by atoms with Crippen LogP contribution in [-0.4, -0.2) is 38.2 Å². The van der Waals surface area contributed by atoms with E-state index in [4.69, 9.17) is 0 Å². The van der Waals surface area contributed by atoms with E-state index in [0.717, 1.165) is 60.6 Å².